The molecule has 0 fully saturated rings. The highest BCUT2D eigenvalue weighted by Crippen LogP contribution is 2.12. The molecule has 0 heteroatoms. The third-order valence-electron chi connectivity index (χ3n) is 3.52. The Bertz CT molecular complexity index is 157. The van der Waals surface area contributed by atoms with Gasteiger partial charge in [-0.25, -0.2) is 0 Å². The summed E-state index contributed by atoms with van der Waals surface area (Å²) in [6.07, 6.45) is 23.9. The van der Waals surface area contributed by atoms with Crippen LogP contribution in [0.4, 0.5) is 0 Å². The Morgan fingerprint density at radius 1 is 0.611 bits per heavy atom. The number of hydrogen-bond acceptors (Lipinski definition) is 0. The summed E-state index contributed by atoms with van der Waals surface area (Å²) in [4.78, 5) is 0. The van der Waals surface area contributed by atoms with Crippen LogP contribution in [0.3, 0.4) is 0 Å². The molecule has 0 atom stereocenters. The van der Waals surface area contributed by atoms with Gasteiger partial charge in [-0.2, -0.15) is 0 Å². The largest absolute Gasteiger partial charge is 0.0888 e. The van der Waals surface area contributed by atoms with E-state index in [1.54, 1.807) is 0 Å². The molecule has 0 saturated carbocycles. The van der Waals surface area contributed by atoms with Crippen LogP contribution in [-0.4, -0.2) is 0 Å². The lowest BCUT2D eigenvalue weighted by Crippen LogP contribution is -1.82. The van der Waals surface area contributed by atoms with Crippen molar-refractivity contribution in [3.05, 3.63) is 19.1 Å². The van der Waals surface area contributed by atoms with Gasteiger partial charge in [-0.1, -0.05) is 96.6 Å². The number of allylic oxidation sites excluding steroid dienone is 2. The van der Waals surface area contributed by atoms with Crippen LogP contribution in [0.15, 0.2) is 12.2 Å². The Morgan fingerprint density at radius 3 is 1.50 bits per heavy atom. The highest BCUT2D eigenvalue weighted by molar-refractivity contribution is 4.79. The first-order chi connectivity index (χ1) is 8.91. The number of hydrogen-bond donors (Lipinski definition) is 0. The lowest BCUT2D eigenvalue weighted by molar-refractivity contribution is 0.547. The predicted molar refractivity (Wildman–Crippen MR) is 84.8 cm³/mol. The molecule has 0 aromatic rings. The first-order valence-corrected chi connectivity index (χ1v) is 8.36. The topological polar surface area (TPSA) is 0 Å². The van der Waals surface area contributed by atoms with Gasteiger partial charge >= 0.3 is 0 Å². The molecular formula is C18H35. The molecule has 0 aromatic carbocycles. The van der Waals surface area contributed by atoms with E-state index in [4.69, 9.17) is 0 Å². The van der Waals surface area contributed by atoms with Gasteiger partial charge in [0.25, 0.3) is 0 Å². The smallest absolute Gasteiger partial charge is 0.0351 e. The molecule has 0 spiro atoms. The summed E-state index contributed by atoms with van der Waals surface area (Å²) in [6, 6.07) is 0. The molecule has 0 aliphatic heterocycles. The fourth-order valence-corrected chi connectivity index (χ4v) is 2.31. The molecule has 0 aromatic heterocycles. The maximum Gasteiger partial charge on any atom is -0.0351 e. The van der Waals surface area contributed by atoms with E-state index < -0.39 is 0 Å². The zero-order chi connectivity index (χ0) is 13.3. The summed E-state index contributed by atoms with van der Waals surface area (Å²) < 4.78 is 0. The van der Waals surface area contributed by atoms with Crippen molar-refractivity contribution >= 4 is 0 Å². The van der Waals surface area contributed by atoms with Crippen molar-refractivity contribution in [2.24, 2.45) is 0 Å². The van der Waals surface area contributed by atoms with Crippen molar-refractivity contribution in [3.63, 3.8) is 0 Å². The number of unbranched alkanes of at least 4 members (excludes halogenated alkanes) is 12. The van der Waals surface area contributed by atoms with Crippen molar-refractivity contribution in [1.29, 1.82) is 0 Å². The van der Waals surface area contributed by atoms with Crippen LogP contribution in [0.1, 0.15) is 96.8 Å². The van der Waals surface area contributed by atoms with E-state index in [9.17, 15) is 0 Å². The lowest BCUT2D eigenvalue weighted by Gasteiger charge is -2.02. The van der Waals surface area contributed by atoms with Gasteiger partial charge in [-0.15, -0.1) is 0 Å². The van der Waals surface area contributed by atoms with Crippen LogP contribution < -0.4 is 0 Å². The highest BCUT2D eigenvalue weighted by atomic mass is 14.0. The average molecular weight is 251 g/mol. The van der Waals surface area contributed by atoms with E-state index in [0.29, 0.717) is 0 Å². The van der Waals surface area contributed by atoms with Gasteiger partial charge < -0.3 is 0 Å². The fraction of sp³-hybridized carbons (Fsp3) is 0.833. The highest BCUT2D eigenvalue weighted by Gasteiger charge is 1.92. The SMILES string of the molecule is [CH2]CCCCCCCCCCCCC/C=C/CC. The monoisotopic (exact) mass is 251 g/mol. The van der Waals surface area contributed by atoms with Crippen LogP contribution in [0.2, 0.25) is 0 Å². The van der Waals surface area contributed by atoms with Crippen LogP contribution in [0.5, 0.6) is 0 Å². The molecule has 0 nitrogen and oxygen atoms in total. The second-order valence-corrected chi connectivity index (χ2v) is 5.41. The molecule has 107 valence electrons. The number of rotatable bonds is 14. The van der Waals surface area contributed by atoms with E-state index in [1.807, 2.05) is 0 Å². The van der Waals surface area contributed by atoms with E-state index in [1.165, 1.54) is 83.5 Å². The molecule has 0 aliphatic rings. The Balaban J connectivity index is 2.92. The minimum absolute atomic E-state index is 1.12. The van der Waals surface area contributed by atoms with Gasteiger partial charge in [-0.05, 0) is 19.3 Å². The van der Waals surface area contributed by atoms with Crippen LogP contribution in [0.25, 0.3) is 0 Å². The molecule has 0 N–H and O–H groups in total. The Kier molecular flexibility index (Phi) is 16.5. The third kappa shape index (κ3) is 15.7. The molecule has 0 saturated heterocycles. The minimum Gasteiger partial charge on any atom is -0.0888 e. The van der Waals surface area contributed by atoms with Crippen molar-refractivity contribution in [3.8, 4) is 0 Å². The van der Waals surface area contributed by atoms with Crippen molar-refractivity contribution in [1.82, 2.24) is 0 Å². The molecule has 18 heavy (non-hydrogen) atoms. The Labute approximate surface area is 116 Å². The van der Waals surface area contributed by atoms with Crippen molar-refractivity contribution in [2.45, 2.75) is 96.8 Å². The van der Waals surface area contributed by atoms with Crippen LogP contribution >= 0.6 is 0 Å². The van der Waals surface area contributed by atoms with Gasteiger partial charge in [0, 0.05) is 0 Å². The first kappa shape index (κ1) is 17.7. The van der Waals surface area contributed by atoms with Crippen molar-refractivity contribution in [2.75, 3.05) is 0 Å². The van der Waals surface area contributed by atoms with E-state index in [-0.39, 0.29) is 0 Å². The first-order valence-electron chi connectivity index (χ1n) is 8.36. The van der Waals surface area contributed by atoms with Gasteiger partial charge in [0.15, 0.2) is 0 Å². The van der Waals surface area contributed by atoms with Crippen molar-refractivity contribution < 1.29 is 0 Å². The molecule has 0 rings (SSSR count). The average Bonchev–Trinajstić information content (AvgIpc) is 2.39. The van der Waals surface area contributed by atoms with E-state index >= 15 is 0 Å². The van der Waals surface area contributed by atoms with E-state index in [2.05, 4.69) is 26.0 Å². The molecule has 0 bridgehead atoms. The molecule has 0 aliphatic carbocycles. The normalized spacial score (nSPS) is 11.4. The lowest BCUT2D eigenvalue weighted by atomic mass is 10.0. The fourth-order valence-electron chi connectivity index (χ4n) is 2.31. The summed E-state index contributed by atoms with van der Waals surface area (Å²) >= 11 is 0. The predicted octanol–water partition coefficient (Wildman–Crippen LogP) is 6.86. The Hall–Kier alpha value is -0.260. The molecule has 0 unspecified atom stereocenters. The quantitative estimate of drug-likeness (QED) is 0.234. The minimum atomic E-state index is 1.12. The van der Waals surface area contributed by atoms with Gasteiger partial charge in [0.2, 0.25) is 0 Å². The summed E-state index contributed by atoms with van der Waals surface area (Å²) in [5.74, 6) is 0. The molecule has 0 amide bonds. The van der Waals surface area contributed by atoms with Gasteiger partial charge in [-0.3, -0.25) is 0 Å². The van der Waals surface area contributed by atoms with Gasteiger partial charge in [0.05, 0.1) is 0 Å². The maximum atomic E-state index is 3.88. The zero-order valence-corrected chi connectivity index (χ0v) is 12.8. The molecule has 0 heterocycles. The summed E-state index contributed by atoms with van der Waals surface area (Å²) in [6.45, 7) is 6.08. The second-order valence-electron chi connectivity index (χ2n) is 5.41. The molecular weight excluding hydrogens is 216 g/mol. The third-order valence-corrected chi connectivity index (χ3v) is 3.52. The van der Waals surface area contributed by atoms with E-state index in [0.717, 1.165) is 6.42 Å². The maximum absolute atomic E-state index is 3.88. The standard InChI is InChI=1S/C18H35/c1-3-5-7-9-11-13-15-17-18-16-14-12-10-8-6-4-2/h6,8H,1,3-5,7,9-18H2,2H3/b8-6+. The summed E-state index contributed by atoms with van der Waals surface area (Å²) in [5.41, 5.74) is 0. The zero-order valence-electron chi connectivity index (χ0n) is 12.8. The molecule has 1 radical (unpaired) electrons. The van der Waals surface area contributed by atoms with Gasteiger partial charge in [0.1, 0.15) is 0 Å². The summed E-state index contributed by atoms with van der Waals surface area (Å²) in [7, 11) is 0. The second kappa shape index (κ2) is 16.7. The summed E-state index contributed by atoms with van der Waals surface area (Å²) in [5, 5.41) is 0. The van der Waals surface area contributed by atoms with Crippen LogP contribution in [0, 0.1) is 6.92 Å². The van der Waals surface area contributed by atoms with Crippen LogP contribution in [-0.2, 0) is 0 Å². The Morgan fingerprint density at radius 2 is 1.06 bits per heavy atom.